The lowest BCUT2D eigenvalue weighted by molar-refractivity contribution is 0.151. The van der Waals surface area contributed by atoms with E-state index in [0.717, 1.165) is 25.1 Å². The van der Waals surface area contributed by atoms with Crippen LogP contribution >= 0.6 is 0 Å². The number of guanidine groups is 1. The zero-order valence-corrected chi connectivity index (χ0v) is 14.6. The van der Waals surface area contributed by atoms with Crippen molar-refractivity contribution in [2.24, 2.45) is 10.4 Å². The molecule has 2 saturated carbocycles. The van der Waals surface area contributed by atoms with Crippen LogP contribution in [0.15, 0.2) is 4.99 Å². The Morgan fingerprint density at radius 3 is 2.55 bits per heavy atom. The topological polar surface area (TPSA) is 30.9 Å². The van der Waals surface area contributed by atoms with E-state index in [2.05, 4.69) is 27.2 Å². The zero-order valence-electron chi connectivity index (χ0n) is 14.6. The lowest BCUT2D eigenvalue weighted by Gasteiger charge is -2.38. The first-order valence-electron chi connectivity index (χ1n) is 9.38. The summed E-state index contributed by atoms with van der Waals surface area (Å²) in [4.78, 5) is 9.55. The third-order valence-corrected chi connectivity index (χ3v) is 6.31. The molecule has 0 bridgehead atoms. The molecular weight excluding hydrogens is 272 g/mol. The smallest absolute Gasteiger partial charge is 0.193 e. The summed E-state index contributed by atoms with van der Waals surface area (Å²) < 4.78 is 0. The molecule has 3 aliphatic rings. The molecular formula is C18H34N4. The molecule has 0 atom stereocenters. The summed E-state index contributed by atoms with van der Waals surface area (Å²) in [5.74, 6) is 1.13. The van der Waals surface area contributed by atoms with Crippen LogP contribution in [0.3, 0.4) is 0 Å². The molecule has 1 N–H and O–H groups in total. The van der Waals surface area contributed by atoms with Gasteiger partial charge >= 0.3 is 0 Å². The van der Waals surface area contributed by atoms with Crippen molar-refractivity contribution < 1.29 is 0 Å². The van der Waals surface area contributed by atoms with Crippen LogP contribution in [0.1, 0.15) is 57.8 Å². The number of hydrogen-bond acceptors (Lipinski definition) is 2. The molecule has 4 nitrogen and oxygen atoms in total. The highest BCUT2D eigenvalue weighted by Crippen LogP contribution is 2.47. The van der Waals surface area contributed by atoms with E-state index in [4.69, 9.17) is 0 Å². The number of aliphatic imine (C=N–C) groups is 1. The lowest BCUT2D eigenvalue weighted by Crippen LogP contribution is -2.45. The van der Waals surface area contributed by atoms with E-state index in [-0.39, 0.29) is 0 Å². The normalized spacial score (nSPS) is 25.8. The first-order valence-corrected chi connectivity index (χ1v) is 9.38. The summed E-state index contributed by atoms with van der Waals surface area (Å²) in [6, 6.07) is 0.808. The Balaban J connectivity index is 1.40. The number of likely N-dealkylation sites (tertiary alicyclic amines) is 1. The van der Waals surface area contributed by atoms with E-state index in [1.54, 1.807) is 0 Å². The van der Waals surface area contributed by atoms with Crippen LogP contribution in [0.4, 0.5) is 0 Å². The van der Waals surface area contributed by atoms with Gasteiger partial charge in [0.15, 0.2) is 5.96 Å². The minimum Gasteiger partial charge on any atom is -0.355 e. The predicted octanol–water partition coefficient (Wildman–Crippen LogP) is 2.70. The monoisotopic (exact) mass is 306 g/mol. The van der Waals surface area contributed by atoms with Gasteiger partial charge in [-0.1, -0.05) is 25.7 Å². The standard InChI is InChI=1S/C18H34N4/c1-19-17(22-13-11-18(15-22)9-6-10-18)20-12-14-21(2)16-7-4-3-5-8-16/h16H,3-15H2,1-2H3,(H,19,20). The van der Waals surface area contributed by atoms with E-state index in [1.807, 2.05) is 7.05 Å². The van der Waals surface area contributed by atoms with Crippen molar-refractivity contribution in [1.29, 1.82) is 0 Å². The number of likely N-dealkylation sites (N-methyl/N-ethyl adjacent to an activating group) is 1. The first-order chi connectivity index (χ1) is 10.7. The maximum atomic E-state index is 4.52. The van der Waals surface area contributed by atoms with Gasteiger partial charge in [0.2, 0.25) is 0 Å². The summed E-state index contributed by atoms with van der Waals surface area (Å²) in [5.41, 5.74) is 0.649. The average molecular weight is 306 g/mol. The molecule has 2 aliphatic carbocycles. The Morgan fingerprint density at radius 2 is 1.95 bits per heavy atom. The van der Waals surface area contributed by atoms with Crippen LogP contribution in [-0.4, -0.2) is 62.1 Å². The molecule has 3 fully saturated rings. The lowest BCUT2D eigenvalue weighted by atomic mass is 9.68. The minimum atomic E-state index is 0.649. The van der Waals surface area contributed by atoms with E-state index in [0.29, 0.717) is 5.41 Å². The number of nitrogens with zero attached hydrogens (tertiary/aromatic N) is 3. The molecule has 0 radical (unpaired) electrons. The Bertz CT molecular complexity index is 383. The maximum absolute atomic E-state index is 4.52. The second kappa shape index (κ2) is 7.20. The highest BCUT2D eigenvalue weighted by molar-refractivity contribution is 5.80. The van der Waals surface area contributed by atoms with Gasteiger partial charge in [-0.15, -0.1) is 0 Å². The summed E-state index contributed by atoms with van der Waals surface area (Å²) >= 11 is 0. The molecule has 0 aromatic carbocycles. The molecule has 1 saturated heterocycles. The van der Waals surface area contributed by atoms with Gasteiger partial charge in [-0.2, -0.15) is 0 Å². The molecule has 1 spiro atoms. The van der Waals surface area contributed by atoms with Gasteiger partial charge in [0, 0.05) is 39.3 Å². The third-order valence-electron chi connectivity index (χ3n) is 6.31. The second-order valence-electron chi connectivity index (χ2n) is 7.77. The SMILES string of the molecule is CN=C(NCCN(C)C1CCCCC1)N1CCC2(CCC2)C1. The van der Waals surface area contributed by atoms with Gasteiger partial charge in [-0.05, 0) is 44.6 Å². The Labute approximate surface area is 136 Å². The molecule has 1 aliphatic heterocycles. The zero-order chi connectivity index (χ0) is 15.4. The minimum absolute atomic E-state index is 0.649. The van der Waals surface area contributed by atoms with Gasteiger partial charge in [0.25, 0.3) is 0 Å². The van der Waals surface area contributed by atoms with Gasteiger partial charge in [-0.25, -0.2) is 0 Å². The summed E-state index contributed by atoms with van der Waals surface area (Å²) in [6.45, 7) is 4.56. The quantitative estimate of drug-likeness (QED) is 0.640. The highest BCUT2D eigenvalue weighted by atomic mass is 15.3. The predicted molar refractivity (Wildman–Crippen MR) is 93.3 cm³/mol. The molecule has 0 aromatic rings. The van der Waals surface area contributed by atoms with E-state index in [1.165, 1.54) is 70.9 Å². The van der Waals surface area contributed by atoms with E-state index < -0.39 is 0 Å². The van der Waals surface area contributed by atoms with Crippen LogP contribution in [0.25, 0.3) is 0 Å². The molecule has 22 heavy (non-hydrogen) atoms. The van der Waals surface area contributed by atoms with Crippen molar-refractivity contribution in [3.05, 3.63) is 0 Å². The third kappa shape index (κ3) is 3.58. The van der Waals surface area contributed by atoms with E-state index >= 15 is 0 Å². The van der Waals surface area contributed by atoms with E-state index in [9.17, 15) is 0 Å². The van der Waals surface area contributed by atoms with Gasteiger partial charge in [0.1, 0.15) is 0 Å². The van der Waals surface area contributed by atoms with Crippen LogP contribution < -0.4 is 5.32 Å². The number of hydrogen-bond donors (Lipinski definition) is 1. The number of rotatable bonds is 4. The Kier molecular flexibility index (Phi) is 5.27. The largest absolute Gasteiger partial charge is 0.355 e. The molecule has 0 aromatic heterocycles. The second-order valence-corrected chi connectivity index (χ2v) is 7.77. The van der Waals surface area contributed by atoms with Crippen molar-refractivity contribution in [2.45, 2.75) is 63.8 Å². The first kappa shape index (κ1) is 16.1. The molecule has 0 amide bonds. The Hall–Kier alpha value is -0.770. The van der Waals surface area contributed by atoms with Gasteiger partial charge in [-0.3, -0.25) is 4.99 Å². The van der Waals surface area contributed by atoms with Crippen LogP contribution in [0.2, 0.25) is 0 Å². The molecule has 1 heterocycles. The fourth-order valence-corrected chi connectivity index (χ4v) is 4.58. The van der Waals surface area contributed by atoms with Gasteiger partial charge in [0.05, 0.1) is 0 Å². The van der Waals surface area contributed by atoms with Crippen molar-refractivity contribution in [3.8, 4) is 0 Å². The van der Waals surface area contributed by atoms with Crippen LogP contribution in [-0.2, 0) is 0 Å². The fraction of sp³-hybridized carbons (Fsp3) is 0.944. The highest BCUT2D eigenvalue weighted by Gasteiger charge is 2.43. The fourth-order valence-electron chi connectivity index (χ4n) is 4.58. The molecule has 4 heteroatoms. The van der Waals surface area contributed by atoms with Crippen molar-refractivity contribution in [2.75, 3.05) is 40.3 Å². The maximum Gasteiger partial charge on any atom is 0.193 e. The van der Waals surface area contributed by atoms with Gasteiger partial charge < -0.3 is 15.1 Å². The molecule has 0 unspecified atom stereocenters. The summed E-state index contributed by atoms with van der Waals surface area (Å²) in [6.07, 6.45) is 12.7. The van der Waals surface area contributed by atoms with Crippen LogP contribution in [0.5, 0.6) is 0 Å². The molecule has 126 valence electrons. The van der Waals surface area contributed by atoms with Crippen LogP contribution in [0, 0.1) is 5.41 Å². The van der Waals surface area contributed by atoms with Crippen molar-refractivity contribution >= 4 is 5.96 Å². The van der Waals surface area contributed by atoms with Crippen molar-refractivity contribution in [3.63, 3.8) is 0 Å². The number of nitrogens with one attached hydrogen (secondary N) is 1. The molecule has 3 rings (SSSR count). The van der Waals surface area contributed by atoms with Crippen molar-refractivity contribution in [1.82, 2.24) is 15.1 Å². The average Bonchev–Trinajstić information content (AvgIpc) is 2.98. The Morgan fingerprint density at radius 1 is 1.18 bits per heavy atom. The summed E-state index contributed by atoms with van der Waals surface area (Å²) in [7, 11) is 4.22. The summed E-state index contributed by atoms with van der Waals surface area (Å²) in [5, 5.41) is 3.60.